The zero-order valence-corrected chi connectivity index (χ0v) is 18.9. The Labute approximate surface area is 190 Å². The first-order valence-electron chi connectivity index (χ1n) is 10.8. The highest BCUT2D eigenvalue weighted by Crippen LogP contribution is 2.31. The van der Waals surface area contributed by atoms with Crippen molar-refractivity contribution >= 4 is 10.0 Å². The van der Waals surface area contributed by atoms with Crippen molar-refractivity contribution < 1.29 is 22.4 Å². The van der Waals surface area contributed by atoms with Gasteiger partial charge in [-0.2, -0.15) is 9.29 Å². The number of sulfonamides is 1. The van der Waals surface area contributed by atoms with Gasteiger partial charge in [0.05, 0.1) is 30.8 Å². The molecule has 0 unspecified atom stereocenters. The van der Waals surface area contributed by atoms with Crippen LogP contribution in [0.1, 0.15) is 35.9 Å². The Morgan fingerprint density at radius 3 is 2.67 bits per heavy atom. The number of hydrogen-bond acceptors (Lipinski definition) is 8. The summed E-state index contributed by atoms with van der Waals surface area (Å²) < 4.78 is 43.4. The fourth-order valence-electron chi connectivity index (χ4n) is 4.24. The van der Waals surface area contributed by atoms with E-state index in [-0.39, 0.29) is 22.2 Å². The number of nitrogens with one attached hydrogen (secondary N) is 1. The van der Waals surface area contributed by atoms with Gasteiger partial charge in [0.15, 0.2) is 0 Å². The molecule has 0 spiro atoms. The predicted molar refractivity (Wildman–Crippen MR) is 117 cm³/mol. The molecule has 1 N–H and O–H groups in total. The van der Waals surface area contributed by atoms with Crippen LogP contribution in [-0.4, -0.2) is 54.7 Å². The fraction of sp³-hybridized carbons (Fsp3) is 0.409. The molecule has 10 nitrogen and oxygen atoms in total. The standard InChI is InChI=1S/C22H24N4O6S/c1-30-16-2-4-17(5-3-16)33(28,29)26-9-6-14(7-10-26)22-24-20(25-32-22)18-12-15-13-31-11-8-19(15)23-21(18)27/h2-5,12,14H,6-11,13H2,1H3,(H,23,27). The quantitative estimate of drug-likeness (QED) is 0.598. The van der Waals surface area contributed by atoms with E-state index in [4.69, 9.17) is 14.0 Å². The summed E-state index contributed by atoms with van der Waals surface area (Å²) in [7, 11) is -2.06. The molecule has 2 aromatic heterocycles. The van der Waals surface area contributed by atoms with E-state index >= 15 is 0 Å². The molecule has 0 atom stereocenters. The largest absolute Gasteiger partial charge is 0.497 e. The maximum Gasteiger partial charge on any atom is 0.259 e. The van der Waals surface area contributed by atoms with Crippen LogP contribution in [0.5, 0.6) is 5.75 Å². The molecular weight excluding hydrogens is 448 g/mol. The molecule has 1 fully saturated rings. The van der Waals surface area contributed by atoms with Crippen LogP contribution in [0.15, 0.2) is 44.5 Å². The Bertz CT molecular complexity index is 1310. The fourth-order valence-corrected chi connectivity index (χ4v) is 5.71. The minimum atomic E-state index is -3.59. The van der Waals surface area contributed by atoms with E-state index < -0.39 is 10.0 Å². The number of hydrogen-bond donors (Lipinski definition) is 1. The van der Waals surface area contributed by atoms with E-state index in [1.807, 2.05) is 0 Å². The summed E-state index contributed by atoms with van der Waals surface area (Å²) in [4.78, 5) is 20.1. The lowest BCUT2D eigenvalue weighted by Gasteiger charge is -2.29. The topological polar surface area (TPSA) is 128 Å². The summed E-state index contributed by atoms with van der Waals surface area (Å²) >= 11 is 0. The Hall–Kier alpha value is -3.02. The smallest absolute Gasteiger partial charge is 0.259 e. The second-order valence-electron chi connectivity index (χ2n) is 8.13. The van der Waals surface area contributed by atoms with Crippen molar-refractivity contribution in [3.8, 4) is 17.1 Å². The first-order chi connectivity index (χ1) is 16.0. The first-order valence-corrected chi connectivity index (χ1v) is 12.2. The van der Waals surface area contributed by atoms with Crippen molar-refractivity contribution in [2.24, 2.45) is 0 Å². The molecule has 33 heavy (non-hydrogen) atoms. The van der Waals surface area contributed by atoms with Gasteiger partial charge in [0, 0.05) is 31.1 Å². The van der Waals surface area contributed by atoms with E-state index in [9.17, 15) is 13.2 Å². The van der Waals surface area contributed by atoms with E-state index in [2.05, 4.69) is 15.1 Å². The Kier molecular flexibility index (Phi) is 5.77. The lowest BCUT2D eigenvalue weighted by Crippen LogP contribution is -2.37. The van der Waals surface area contributed by atoms with E-state index in [0.717, 1.165) is 11.3 Å². The number of aromatic nitrogens is 3. The maximum atomic E-state index is 13.0. The zero-order chi connectivity index (χ0) is 23.0. The number of nitrogens with zero attached hydrogens (tertiary/aromatic N) is 3. The molecule has 2 aliphatic heterocycles. The highest BCUT2D eigenvalue weighted by molar-refractivity contribution is 7.89. The Morgan fingerprint density at radius 1 is 1.18 bits per heavy atom. The molecule has 4 heterocycles. The van der Waals surface area contributed by atoms with Gasteiger partial charge in [-0.1, -0.05) is 5.16 Å². The lowest BCUT2D eigenvalue weighted by molar-refractivity contribution is 0.109. The second kappa shape index (κ2) is 8.73. The molecule has 0 bridgehead atoms. The van der Waals surface area contributed by atoms with Crippen LogP contribution in [0.4, 0.5) is 0 Å². The number of benzene rings is 1. The average Bonchev–Trinajstić information content (AvgIpc) is 3.34. The highest BCUT2D eigenvalue weighted by Gasteiger charge is 2.32. The molecule has 0 amide bonds. The number of H-pyrrole nitrogens is 1. The summed E-state index contributed by atoms with van der Waals surface area (Å²) in [6.07, 6.45) is 1.76. The summed E-state index contributed by atoms with van der Waals surface area (Å²) in [5.74, 6) is 1.17. The van der Waals surface area contributed by atoms with Gasteiger partial charge in [0.1, 0.15) is 5.75 Å². The predicted octanol–water partition coefficient (Wildman–Crippen LogP) is 2.07. The molecule has 5 rings (SSSR count). The molecule has 2 aliphatic rings. The van der Waals surface area contributed by atoms with Gasteiger partial charge in [-0.25, -0.2) is 8.42 Å². The Morgan fingerprint density at radius 2 is 1.94 bits per heavy atom. The van der Waals surface area contributed by atoms with Crippen molar-refractivity contribution in [1.82, 2.24) is 19.4 Å². The van der Waals surface area contributed by atoms with Gasteiger partial charge in [-0.05, 0) is 48.7 Å². The van der Waals surface area contributed by atoms with Crippen molar-refractivity contribution in [2.45, 2.75) is 36.7 Å². The SMILES string of the molecule is COc1ccc(S(=O)(=O)N2CCC(c3nc(-c4cc5c([nH]c4=O)CCOC5)no3)CC2)cc1. The summed E-state index contributed by atoms with van der Waals surface area (Å²) in [6.45, 7) is 1.70. The third-order valence-corrected chi connectivity index (χ3v) is 8.07. The van der Waals surface area contributed by atoms with Crippen molar-refractivity contribution in [2.75, 3.05) is 26.8 Å². The zero-order valence-electron chi connectivity index (χ0n) is 18.1. The van der Waals surface area contributed by atoms with Crippen LogP contribution in [0, 0.1) is 0 Å². The summed E-state index contributed by atoms with van der Waals surface area (Å²) in [6, 6.07) is 8.12. The van der Waals surface area contributed by atoms with Gasteiger partial charge in [0.2, 0.25) is 21.7 Å². The van der Waals surface area contributed by atoms with Crippen molar-refractivity contribution in [3.05, 3.63) is 57.8 Å². The molecule has 0 saturated carbocycles. The number of rotatable bonds is 5. The third-order valence-electron chi connectivity index (χ3n) is 6.15. The number of piperidine rings is 1. The summed E-state index contributed by atoms with van der Waals surface area (Å²) in [5, 5.41) is 4.01. The molecule has 1 aromatic carbocycles. The average molecular weight is 473 g/mol. The van der Waals surface area contributed by atoms with E-state index in [1.54, 1.807) is 30.3 Å². The Balaban J connectivity index is 1.29. The van der Waals surface area contributed by atoms with Gasteiger partial charge < -0.3 is 19.0 Å². The number of methoxy groups -OCH3 is 1. The van der Waals surface area contributed by atoms with Crippen LogP contribution in [-0.2, 0) is 27.8 Å². The third kappa shape index (κ3) is 4.19. The van der Waals surface area contributed by atoms with Crippen LogP contribution in [0.3, 0.4) is 0 Å². The summed E-state index contributed by atoms with van der Waals surface area (Å²) in [5.41, 5.74) is 1.88. The minimum Gasteiger partial charge on any atom is -0.497 e. The van der Waals surface area contributed by atoms with Crippen LogP contribution < -0.4 is 10.3 Å². The molecule has 0 radical (unpaired) electrons. The lowest BCUT2D eigenvalue weighted by atomic mass is 9.98. The second-order valence-corrected chi connectivity index (χ2v) is 10.1. The number of fused-ring (bicyclic) bond motifs is 1. The molecule has 174 valence electrons. The van der Waals surface area contributed by atoms with Gasteiger partial charge >= 0.3 is 0 Å². The maximum absolute atomic E-state index is 13.0. The molecule has 0 aliphatic carbocycles. The number of ether oxygens (including phenoxy) is 2. The highest BCUT2D eigenvalue weighted by atomic mass is 32.2. The van der Waals surface area contributed by atoms with Gasteiger partial charge in [-0.3, -0.25) is 4.79 Å². The van der Waals surface area contributed by atoms with Gasteiger partial charge in [0.25, 0.3) is 5.56 Å². The van der Waals surface area contributed by atoms with Crippen LogP contribution in [0.2, 0.25) is 0 Å². The minimum absolute atomic E-state index is 0.0754. The van der Waals surface area contributed by atoms with E-state index in [0.29, 0.717) is 62.8 Å². The van der Waals surface area contributed by atoms with Crippen LogP contribution >= 0.6 is 0 Å². The van der Waals surface area contributed by atoms with Crippen LogP contribution in [0.25, 0.3) is 11.4 Å². The molecule has 3 aromatic rings. The molecule has 1 saturated heterocycles. The monoisotopic (exact) mass is 472 g/mol. The van der Waals surface area contributed by atoms with Gasteiger partial charge in [-0.15, -0.1) is 0 Å². The normalized spacial score (nSPS) is 17.6. The molecular formula is C22H24N4O6S. The number of pyridine rings is 1. The number of aromatic amines is 1. The van der Waals surface area contributed by atoms with E-state index in [1.165, 1.54) is 11.4 Å². The first kappa shape index (κ1) is 21.8. The van der Waals surface area contributed by atoms with Crippen molar-refractivity contribution in [1.29, 1.82) is 0 Å². The molecule has 11 heteroatoms. The van der Waals surface area contributed by atoms with Crippen molar-refractivity contribution in [3.63, 3.8) is 0 Å².